The zero-order chi connectivity index (χ0) is 14.4. The minimum Gasteiger partial charge on any atom is -0.296 e. The lowest BCUT2D eigenvalue weighted by atomic mass is 10.2. The van der Waals surface area contributed by atoms with Gasteiger partial charge in [0.15, 0.2) is 0 Å². The molecule has 0 saturated heterocycles. The smallest absolute Gasteiger partial charge is 0.137 e. The maximum Gasteiger partial charge on any atom is 0.137 e. The molecule has 2 rings (SSSR count). The first kappa shape index (κ1) is 15.1. The van der Waals surface area contributed by atoms with Crippen molar-refractivity contribution in [3.05, 3.63) is 48.1 Å². The van der Waals surface area contributed by atoms with Crippen LogP contribution in [-0.2, 0) is 13.1 Å². The highest BCUT2D eigenvalue weighted by molar-refractivity contribution is 9.09. The van der Waals surface area contributed by atoms with Crippen molar-refractivity contribution in [3.63, 3.8) is 0 Å². The van der Waals surface area contributed by atoms with E-state index >= 15 is 0 Å². The van der Waals surface area contributed by atoms with E-state index in [1.165, 1.54) is 18.5 Å². The Labute approximate surface area is 124 Å². The third-order valence-corrected chi connectivity index (χ3v) is 3.28. The second-order valence-corrected chi connectivity index (χ2v) is 5.15. The second kappa shape index (κ2) is 7.44. The van der Waals surface area contributed by atoms with Crippen molar-refractivity contribution in [3.8, 4) is 0 Å². The first-order valence-corrected chi connectivity index (χ1v) is 7.36. The van der Waals surface area contributed by atoms with Gasteiger partial charge in [-0.1, -0.05) is 22.0 Å². The minimum atomic E-state index is -0.555. The van der Waals surface area contributed by atoms with E-state index in [2.05, 4.69) is 30.9 Å². The van der Waals surface area contributed by atoms with Gasteiger partial charge in [-0.15, -0.1) is 0 Å². The van der Waals surface area contributed by atoms with Gasteiger partial charge in [0, 0.05) is 36.6 Å². The second-order valence-electron chi connectivity index (χ2n) is 4.36. The van der Waals surface area contributed by atoms with E-state index in [9.17, 15) is 8.78 Å². The average molecular weight is 345 g/mol. The van der Waals surface area contributed by atoms with Gasteiger partial charge in [-0.2, -0.15) is 5.10 Å². The van der Waals surface area contributed by atoms with Crippen LogP contribution in [0.15, 0.2) is 30.9 Å². The molecule has 0 amide bonds. The summed E-state index contributed by atoms with van der Waals surface area (Å²) in [7, 11) is 0. The molecule has 0 saturated carbocycles. The van der Waals surface area contributed by atoms with E-state index in [-0.39, 0.29) is 0 Å². The molecule has 2 aromatic rings. The van der Waals surface area contributed by atoms with Crippen LogP contribution in [0.5, 0.6) is 0 Å². The topological polar surface area (TPSA) is 34.0 Å². The summed E-state index contributed by atoms with van der Waals surface area (Å²) in [5.41, 5.74) is 0.492. The Morgan fingerprint density at radius 2 is 2.10 bits per heavy atom. The maximum atomic E-state index is 13.7. The first-order chi connectivity index (χ1) is 9.69. The highest BCUT2D eigenvalue weighted by atomic mass is 79.9. The molecule has 0 radical (unpaired) electrons. The van der Waals surface area contributed by atoms with E-state index < -0.39 is 11.6 Å². The summed E-state index contributed by atoms with van der Waals surface area (Å²) in [5.74, 6) is -1.06. The Bertz CT molecular complexity index is 533. The van der Waals surface area contributed by atoms with Crippen LogP contribution < -0.4 is 0 Å². The number of benzene rings is 1. The minimum absolute atomic E-state index is 0.437. The number of hydrogen-bond acceptors (Lipinski definition) is 3. The summed E-state index contributed by atoms with van der Waals surface area (Å²) in [6.07, 6.45) is 3.12. The molecule has 0 N–H and O–H groups in total. The van der Waals surface area contributed by atoms with Crippen molar-refractivity contribution < 1.29 is 8.78 Å². The molecule has 0 unspecified atom stereocenters. The summed E-state index contributed by atoms with van der Waals surface area (Å²) in [4.78, 5) is 5.95. The van der Waals surface area contributed by atoms with Crippen molar-refractivity contribution in [1.82, 2.24) is 19.7 Å². The van der Waals surface area contributed by atoms with E-state index in [0.29, 0.717) is 25.2 Å². The predicted molar refractivity (Wildman–Crippen MR) is 75.5 cm³/mol. The normalized spacial score (nSPS) is 11.2. The maximum absolute atomic E-state index is 13.7. The average Bonchev–Trinajstić information content (AvgIpc) is 2.92. The van der Waals surface area contributed by atoms with Gasteiger partial charge in [0.05, 0.1) is 6.54 Å². The van der Waals surface area contributed by atoms with Gasteiger partial charge in [-0.25, -0.2) is 13.8 Å². The highest BCUT2D eigenvalue weighted by Gasteiger charge is 2.10. The van der Waals surface area contributed by atoms with Crippen molar-refractivity contribution in [1.29, 1.82) is 0 Å². The zero-order valence-electron chi connectivity index (χ0n) is 10.8. The lowest BCUT2D eigenvalue weighted by molar-refractivity contribution is 0.262. The molecular formula is C13H15BrF2N4. The SMILES string of the molecule is Fc1ccc(CN(CCBr)CCn2cncn2)c(F)c1. The Morgan fingerprint density at radius 3 is 2.75 bits per heavy atom. The molecule has 4 nitrogen and oxygen atoms in total. The molecule has 1 aromatic heterocycles. The van der Waals surface area contributed by atoms with Gasteiger partial charge < -0.3 is 0 Å². The molecule has 20 heavy (non-hydrogen) atoms. The molecule has 0 aliphatic carbocycles. The molecule has 7 heteroatoms. The van der Waals surface area contributed by atoms with Crippen LogP contribution >= 0.6 is 15.9 Å². The molecule has 0 bridgehead atoms. The van der Waals surface area contributed by atoms with E-state index in [1.54, 1.807) is 11.0 Å². The monoisotopic (exact) mass is 344 g/mol. The summed E-state index contributed by atoms with van der Waals surface area (Å²) < 4.78 is 28.3. The summed E-state index contributed by atoms with van der Waals surface area (Å²) >= 11 is 3.38. The van der Waals surface area contributed by atoms with Crippen LogP contribution in [0.25, 0.3) is 0 Å². The number of aromatic nitrogens is 3. The molecular weight excluding hydrogens is 330 g/mol. The quantitative estimate of drug-likeness (QED) is 0.723. The Hall–Kier alpha value is -1.34. The van der Waals surface area contributed by atoms with Gasteiger partial charge >= 0.3 is 0 Å². The predicted octanol–water partition coefficient (Wildman–Crippen LogP) is 2.45. The van der Waals surface area contributed by atoms with Crippen LogP contribution in [0.1, 0.15) is 5.56 Å². The fraction of sp³-hybridized carbons (Fsp3) is 0.385. The van der Waals surface area contributed by atoms with E-state index in [1.807, 2.05) is 0 Å². The Morgan fingerprint density at radius 1 is 1.25 bits per heavy atom. The number of alkyl halides is 1. The third kappa shape index (κ3) is 4.35. The fourth-order valence-corrected chi connectivity index (χ4v) is 2.37. The van der Waals surface area contributed by atoms with Crippen molar-refractivity contribution in [2.24, 2.45) is 0 Å². The molecule has 1 heterocycles. The van der Waals surface area contributed by atoms with Gasteiger partial charge in [0.25, 0.3) is 0 Å². The molecule has 0 spiro atoms. The van der Waals surface area contributed by atoms with Gasteiger partial charge in [0.1, 0.15) is 24.3 Å². The molecule has 0 fully saturated rings. The van der Waals surface area contributed by atoms with Gasteiger partial charge in [-0.3, -0.25) is 9.58 Å². The fourth-order valence-electron chi connectivity index (χ4n) is 1.87. The van der Waals surface area contributed by atoms with Crippen LogP contribution in [-0.4, -0.2) is 38.1 Å². The van der Waals surface area contributed by atoms with Crippen molar-refractivity contribution in [2.45, 2.75) is 13.1 Å². The highest BCUT2D eigenvalue weighted by Crippen LogP contribution is 2.12. The third-order valence-electron chi connectivity index (χ3n) is 2.92. The number of rotatable bonds is 7. The van der Waals surface area contributed by atoms with Crippen LogP contribution in [0.4, 0.5) is 8.78 Å². The van der Waals surface area contributed by atoms with Gasteiger partial charge in [0.2, 0.25) is 0 Å². The standard InChI is InChI=1S/C13H15BrF2N4/c14-3-4-19(5-6-20-10-17-9-18-20)8-11-1-2-12(15)7-13(11)16/h1-2,7,9-10H,3-6,8H2. The largest absolute Gasteiger partial charge is 0.296 e. The lowest BCUT2D eigenvalue weighted by Gasteiger charge is -2.21. The molecule has 0 aliphatic heterocycles. The summed E-state index contributed by atoms with van der Waals surface area (Å²) in [6, 6.07) is 3.68. The van der Waals surface area contributed by atoms with Gasteiger partial charge in [-0.05, 0) is 6.07 Å². The Balaban J connectivity index is 1.97. The first-order valence-electron chi connectivity index (χ1n) is 6.23. The summed E-state index contributed by atoms with van der Waals surface area (Å²) in [6.45, 7) is 2.60. The van der Waals surface area contributed by atoms with Crippen molar-refractivity contribution >= 4 is 15.9 Å². The Kier molecular flexibility index (Phi) is 5.60. The number of halogens is 3. The van der Waals surface area contributed by atoms with E-state index in [4.69, 9.17) is 0 Å². The molecule has 108 valence electrons. The molecule has 1 aromatic carbocycles. The lowest BCUT2D eigenvalue weighted by Crippen LogP contribution is -2.29. The van der Waals surface area contributed by atoms with Crippen LogP contribution in [0.2, 0.25) is 0 Å². The number of nitrogens with zero attached hydrogens (tertiary/aromatic N) is 4. The summed E-state index contributed by atoms with van der Waals surface area (Å²) in [5, 5.41) is 4.81. The van der Waals surface area contributed by atoms with Crippen LogP contribution in [0.3, 0.4) is 0 Å². The van der Waals surface area contributed by atoms with Crippen molar-refractivity contribution in [2.75, 3.05) is 18.4 Å². The van der Waals surface area contributed by atoms with E-state index in [0.717, 1.165) is 17.9 Å². The molecule has 0 atom stereocenters. The molecule has 0 aliphatic rings. The zero-order valence-corrected chi connectivity index (χ0v) is 12.4. The van der Waals surface area contributed by atoms with Crippen LogP contribution in [0, 0.1) is 11.6 Å². The number of hydrogen-bond donors (Lipinski definition) is 0.